The maximum atomic E-state index is 12.1. The van der Waals surface area contributed by atoms with Crippen LogP contribution in [0.1, 0.15) is 12.8 Å². The van der Waals surface area contributed by atoms with Crippen LogP contribution in [0.3, 0.4) is 0 Å². The Labute approximate surface area is 155 Å². The Morgan fingerprint density at radius 1 is 1.23 bits per heavy atom. The average Bonchev–Trinajstić information content (AvgIpc) is 3.24. The molecule has 1 N–H and O–H groups in total. The molecule has 0 radical (unpaired) electrons. The van der Waals surface area contributed by atoms with Crippen LogP contribution in [-0.2, 0) is 4.79 Å². The van der Waals surface area contributed by atoms with Crippen molar-refractivity contribution in [3.05, 3.63) is 24.3 Å². The number of hydrogen-bond donors (Lipinski definition) is 1. The van der Waals surface area contributed by atoms with Gasteiger partial charge in [-0.2, -0.15) is 0 Å². The lowest BCUT2D eigenvalue weighted by Gasteiger charge is -2.10. The van der Waals surface area contributed by atoms with E-state index in [4.69, 9.17) is 0 Å². The zero-order valence-electron chi connectivity index (χ0n) is 13.5. The number of thioether (sulfide) groups is 1. The van der Waals surface area contributed by atoms with E-state index in [9.17, 15) is 18.0 Å². The van der Waals surface area contributed by atoms with Crippen molar-refractivity contribution in [1.29, 1.82) is 0 Å². The number of hydrogen-bond acceptors (Lipinski definition) is 7. The largest absolute Gasteiger partial charge is 0.573 e. The molecule has 3 rings (SSSR count). The molecule has 1 aliphatic rings. The SMILES string of the molecule is O=C(CSc1nnc(N2CCCC2)s1)Nc1ccc(OC(F)(F)F)cc1. The Hall–Kier alpha value is -2.01. The molecule has 0 unspecified atom stereocenters. The van der Waals surface area contributed by atoms with E-state index in [1.807, 2.05) is 0 Å². The van der Waals surface area contributed by atoms with E-state index >= 15 is 0 Å². The predicted octanol–water partition coefficient (Wildman–Crippen LogP) is 3.77. The molecule has 1 aromatic heterocycles. The van der Waals surface area contributed by atoms with Gasteiger partial charge < -0.3 is 15.0 Å². The van der Waals surface area contributed by atoms with Gasteiger partial charge >= 0.3 is 6.36 Å². The molecular weight excluding hydrogens is 389 g/mol. The van der Waals surface area contributed by atoms with Gasteiger partial charge in [-0.25, -0.2) is 0 Å². The molecule has 26 heavy (non-hydrogen) atoms. The fourth-order valence-corrected chi connectivity index (χ4v) is 4.05. The molecule has 0 saturated carbocycles. The Balaban J connectivity index is 1.46. The van der Waals surface area contributed by atoms with Crippen LogP contribution in [0.25, 0.3) is 0 Å². The number of nitrogens with zero attached hydrogens (tertiary/aromatic N) is 3. The van der Waals surface area contributed by atoms with Gasteiger partial charge in [-0.05, 0) is 37.1 Å². The molecule has 0 atom stereocenters. The van der Waals surface area contributed by atoms with Crippen LogP contribution in [0.5, 0.6) is 5.75 Å². The molecule has 140 valence electrons. The summed E-state index contributed by atoms with van der Waals surface area (Å²) in [5, 5.41) is 11.7. The molecule has 1 amide bonds. The van der Waals surface area contributed by atoms with Crippen molar-refractivity contribution in [3.8, 4) is 5.75 Å². The Kier molecular flexibility index (Phi) is 5.87. The molecule has 0 aliphatic carbocycles. The number of benzene rings is 1. The second-order valence-corrected chi connectivity index (χ2v) is 7.63. The highest BCUT2D eigenvalue weighted by Crippen LogP contribution is 2.30. The number of halogens is 3. The molecule has 11 heteroatoms. The van der Waals surface area contributed by atoms with Crippen molar-refractivity contribution >= 4 is 39.8 Å². The number of rotatable bonds is 6. The van der Waals surface area contributed by atoms with Crippen molar-refractivity contribution in [3.63, 3.8) is 0 Å². The van der Waals surface area contributed by atoms with Gasteiger partial charge in [0.15, 0.2) is 4.34 Å². The molecule has 2 heterocycles. The molecule has 1 fully saturated rings. The highest BCUT2D eigenvalue weighted by Gasteiger charge is 2.31. The minimum absolute atomic E-state index is 0.134. The van der Waals surface area contributed by atoms with Gasteiger partial charge in [-0.15, -0.1) is 23.4 Å². The number of anilines is 2. The maximum absolute atomic E-state index is 12.1. The van der Waals surface area contributed by atoms with Gasteiger partial charge in [0.2, 0.25) is 11.0 Å². The number of carbonyl (C=O) groups excluding carboxylic acids is 1. The van der Waals surface area contributed by atoms with Crippen LogP contribution in [0.2, 0.25) is 0 Å². The number of carbonyl (C=O) groups is 1. The van der Waals surface area contributed by atoms with Crippen molar-refractivity contribution in [2.45, 2.75) is 23.5 Å². The van der Waals surface area contributed by atoms with E-state index in [1.54, 1.807) is 0 Å². The van der Waals surface area contributed by atoms with Crippen molar-refractivity contribution in [2.24, 2.45) is 0 Å². The molecule has 2 aromatic rings. The smallest absolute Gasteiger partial charge is 0.406 e. The van der Waals surface area contributed by atoms with Gasteiger partial charge in [0.1, 0.15) is 5.75 Å². The molecule has 1 aliphatic heterocycles. The van der Waals surface area contributed by atoms with E-state index in [-0.39, 0.29) is 17.4 Å². The fourth-order valence-electron chi connectivity index (χ4n) is 2.36. The van der Waals surface area contributed by atoms with E-state index in [2.05, 4.69) is 25.2 Å². The lowest BCUT2D eigenvalue weighted by atomic mass is 10.3. The first-order valence-electron chi connectivity index (χ1n) is 7.76. The number of nitrogens with one attached hydrogen (secondary N) is 1. The van der Waals surface area contributed by atoms with Gasteiger partial charge in [-0.3, -0.25) is 4.79 Å². The number of aromatic nitrogens is 2. The zero-order valence-corrected chi connectivity index (χ0v) is 15.1. The topological polar surface area (TPSA) is 67.4 Å². The van der Waals surface area contributed by atoms with Gasteiger partial charge in [0.05, 0.1) is 5.75 Å². The van der Waals surface area contributed by atoms with Crippen LogP contribution in [0.4, 0.5) is 24.0 Å². The number of alkyl halides is 3. The van der Waals surface area contributed by atoms with Crippen molar-refractivity contribution in [2.75, 3.05) is 29.1 Å². The van der Waals surface area contributed by atoms with E-state index in [1.165, 1.54) is 35.2 Å². The summed E-state index contributed by atoms with van der Waals surface area (Å²) >= 11 is 2.72. The van der Waals surface area contributed by atoms with Crippen molar-refractivity contribution in [1.82, 2.24) is 10.2 Å². The highest BCUT2D eigenvalue weighted by atomic mass is 32.2. The van der Waals surface area contributed by atoms with Crippen molar-refractivity contribution < 1.29 is 22.7 Å². The van der Waals surface area contributed by atoms with E-state index < -0.39 is 6.36 Å². The summed E-state index contributed by atoms with van der Waals surface area (Å²) in [6.07, 6.45) is -2.44. The summed E-state index contributed by atoms with van der Waals surface area (Å²) in [5.74, 6) is -0.485. The first-order valence-corrected chi connectivity index (χ1v) is 9.56. The van der Waals surface area contributed by atoms with Crippen LogP contribution >= 0.6 is 23.1 Å². The van der Waals surface area contributed by atoms with Gasteiger partial charge in [-0.1, -0.05) is 23.1 Å². The second-order valence-electron chi connectivity index (χ2n) is 5.45. The molecule has 0 spiro atoms. The monoisotopic (exact) mass is 404 g/mol. The van der Waals surface area contributed by atoms with Gasteiger partial charge in [0.25, 0.3) is 0 Å². The quantitative estimate of drug-likeness (QED) is 0.740. The first kappa shape index (κ1) is 18.8. The Bertz CT molecular complexity index is 746. The normalized spacial score (nSPS) is 14.5. The lowest BCUT2D eigenvalue weighted by Crippen LogP contribution is -2.17. The molecular formula is C15H15F3N4O2S2. The van der Waals surface area contributed by atoms with Crippen LogP contribution in [0.15, 0.2) is 28.6 Å². The molecule has 0 bridgehead atoms. The summed E-state index contributed by atoms with van der Waals surface area (Å²) in [4.78, 5) is 14.1. The fraction of sp³-hybridized carbons (Fsp3) is 0.400. The predicted molar refractivity (Wildman–Crippen MR) is 93.8 cm³/mol. The van der Waals surface area contributed by atoms with Gasteiger partial charge in [0, 0.05) is 18.8 Å². The van der Waals surface area contributed by atoms with E-state index in [0.29, 0.717) is 10.0 Å². The third-order valence-electron chi connectivity index (χ3n) is 3.47. The summed E-state index contributed by atoms with van der Waals surface area (Å²) in [7, 11) is 0. The molecule has 6 nitrogen and oxygen atoms in total. The second kappa shape index (κ2) is 8.12. The minimum Gasteiger partial charge on any atom is -0.406 e. The summed E-state index contributed by atoms with van der Waals surface area (Å²) in [5.41, 5.74) is 0.389. The minimum atomic E-state index is -4.74. The van der Waals surface area contributed by atoms with E-state index in [0.717, 1.165) is 43.2 Å². The average molecular weight is 404 g/mol. The molecule has 1 saturated heterocycles. The zero-order chi connectivity index (χ0) is 18.6. The van der Waals surface area contributed by atoms with Crippen LogP contribution in [0, 0.1) is 0 Å². The molecule has 1 aromatic carbocycles. The number of ether oxygens (including phenoxy) is 1. The Morgan fingerprint density at radius 2 is 1.92 bits per heavy atom. The summed E-state index contributed by atoms with van der Waals surface area (Å²) < 4.78 is 40.8. The highest BCUT2D eigenvalue weighted by molar-refractivity contribution is 8.01. The third-order valence-corrected chi connectivity index (χ3v) is 5.59. The van der Waals surface area contributed by atoms with Crippen LogP contribution in [-0.4, -0.2) is 41.3 Å². The third kappa shape index (κ3) is 5.49. The summed E-state index contributed by atoms with van der Waals surface area (Å²) in [6.45, 7) is 1.96. The standard InChI is InChI=1S/C15H15F3N4O2S2/c16-15(17,18)24-11-5-3-10(4-6-11)19-12(23)9-25-14-21-20-13(26-14)22-7-1-2-8-22/h3-6H,1-2,7-9H2,(H,19,23). The Morgan fingerprint density at radius 3 is 2.58 bits per heavy atom. The maximum Gasteiger partial charge on any atom is 0.573 e. The van der Waals surface area contributed by atoms with Crippen LogP contribution < -0.4 is 15.0 Å². The number of amides is 1. The lowest BCUT2D eigenvalue weighted by molar-refractivity contribution is -0.274. The summed E-state index contributed by atoms with van der Waals surface area (Å²) in [6, 6.07) is 4.98. The first-order chi connectivity index (χ1) is 12.4.